The van der Waals surface area contributed by atoms with Crippen molar-refractivity contribution in [2.24, 2.45) is 5.10 Å². The molecule has 1 heterocycles. The summed E-state index contributed by atoms with van der Waals surface area (Å²) in [5.41, 5.74) is -0.0906. The number of hydrazone groups is 1. The minimum Gasteiger partial charge on any atom is -0.495 e. The Morgan fingerprint density at radius 3 is 2.43 bits per heavy atom. The number of benzene rings is 1. The number of hydrogen-bond acceptors (Lipinski definition) is 6. The Morgan fingerprint density at radius 1 is 1.26 bits per heavy atom. The minimum atomic E-state index is -4.68. The average molecular weight is 541 g/mol. The van der Waals surface area contributed by atoms with Gasteiger partial charge in [0.1, 0.15) is 12.3 Å². The van der Waals surface area contributed by atoms with Gasteiger partial charge in [0.25, 0.3) is 0 Å². The van der Waals surface area contributed by atoms with Crippen LogP contribution in [0.25, 0.3) is 0 Å². The number of methoxy groups -OCH3 is 1. The van der Waals surface area contributed by atoms with Crippen LogP contribution < -0.4 is 9.64 Å². The predicted molar refractivity (Wildman–Crippen MR) is 134 cm³/mol. The second-order valence-corrected chi connectivity index (χ2v) is 8.53. The lowest BCUT2D eigenvalue weighted by Gasteiger charge is -2.27. The number of anilines is 1. The van der Waals surface area contributed by atoms with E-state index < -0.39 is 17.3 Å². The van der Waals surface area contributed by atoms with Crippen LogP contribution in [-0.2, 0) is 4.79 Å². The lowest BCUT2D eigenvalue weighted by molar-refractivity contribution is -0.132. The van der Waals surface area contributed by atoms with Gasteiger partial charge in [-0.2, -0.15) is 18.3 Å². The van der Waals surface area contributed by atoms with Gasteiger partial charge in [-0.3, -0.25) is 14.6 Å². The summed E-state index contributed by atoms with van der Waals surface area (Å²) < 4.78 is 44.8. The molecule has 2 rings (SSSR count). The molecule has 1 atom stereocenters. The molecule has 1 aromatic carbocycles. The van der Waals surface area contributed by atoms with Crippen LogP contribution in [0.5, 0.6) is 5.75 Å². The summed E-state index contributed by atoms with van der Waals surface area (Å²) in [4.78, 5) is 27.9. The fourth-order valence-electron chi connectivity index (χ4n) is 3.48. The van der Waals surface area contributed by atoms with Gasteiger partial charge in [-0.15, -0.1) is 11.6 Å². The van der Waals surface area contributed by atoms with E-state index in [0.29, 0.717) is 60.9 Å². The maximum absolute atomic E-state index is 13.2. The van der Waals surface area contributed by atoms with E-state index >= 15 is 0 Å². The number of aldehydes is 1. The summed E-state index contributed by atoms with van der Waals surface area (Å²) in [6.45, 7) is 8.38. The molecule has 7 nitrogen and oxygen atoms in total. The van der Waals surface area contributed by atoms with Crippen molar-refractivity contribution in [1.29, 1.82) is 0 Å². The molecule has 1 fully saturated rings. The fraction of sp³-hybridized carbons (Fsp3) is 0.609. The number of hydrogen-bond donors (Lipinski definition) is 0. The molecular weight excluding hydrogens is 508 g/mol. The van der Waals surface area contributed by atoms with Gasteiger partial charge < -0.3 is 14.5 Å². The average Bonchev–Trinajstić information content (AvgIpc) is 3.08. The largest absolute Gasteiger partial charge is 0.495 e. The molecule has 0 spiro atoms. The molecule has 12 heteroatoms. The third kappa shape index (κ3) is 8.75. The summed E-state index contributed by atoms with van der Waals surface area (Å²) in [6.07, 6.45) is -3.37. The van der Waals surface area contributed by atoms with Crippen molar-refractivity contribution in [3.05, 3.63) is 22.7 Å². The SMILES string of the molecule is CC.CCN(CC(=O)N1CCCN(c2cc(OC)c(Cl)cc2C=O)CC1)/N=C(\C(C)Cl)C(F)(F)F. The molecule has 1 aromatic rings. The van der Waals surface area contributed by atoms with Crippen LogP contribution in [0.4, 0.5) is 18.9 Å². The molecule has 1 unspecified atom stereocenters. The van der Waals surface area contributed by atoms with Crippen molar-refractivity contribution >= 4 is 46.8 Å². The highest BCUT2D eigenvalue weighted by molar-refractivity contribution is 6.33. The van der Waals surface area contributed by atoms with E-state index in [1.165, 1.54) is 20.1 Å². The molecule has 1 saturated heterocycles. The summed E-state index contributed by atoms with van der Waals surface area (Å²) in [7, 11) is 1.48. The third-order valence-corrected chi connectivity index (χ3v) is 5.72. The lowest BCUT2D eigenvalue weighted by atomic mass is 10.1. The van der Waals surface area contributed by atoms with Crippen LogP contribution in [0.1, 0.15) is 44.5 Å². The number of alkyl halides is 4. The summed E-state index contributed by atoms with van der Waals surface area (Å²) in [5.74, 6) is 0.0929. The van der Waals surface area contributed by atoms with Gasteiger partial charge in [0.15, 0.2) is 12.0 Å². The van der Waals surface area contributed by atoms with Gasteiger partial charge in [-0.05, 0) is 26.3 Å². The number of likely N-dealkylation sites (N-methyl/N-ethyl adjacent to an activating group) is 1. The molecule has 1 aliphatic rings. The molecule has 0 aromatic heterocycles. The van der Waals surface area contributed by atoms with Crippen molar-refractivity contribution in [3.8, 4) is 5.75 Å². The quantitative estimate of drug-likeness (QED) is 0.199. The fourth-order valence-corrected chi connectivity index (χ4v) is 3.90. The van der Waals surface area contributed by atoms with E-state index in [0.717, 1.165) is 5.01 Å². The maximum Gasteiger partial charge on any atom is 0.432 e. The first kappa shape index (κ1) is 30.8. The molecule has 0 N–H and O–H groups in total. The van der Waals surface area contributed by atoms with Gasteiger partial charge >= 0.3 is 6.18 Å². The Hall–Kier alpha value is -2.20. The van der Waals surface area contributed by atoms with Crippen LogP contribution in [-0.4, -0.2) is 85.7 Å². The molecule has 0 saturated carbocycles. The van der Waals surface area contributed by atoms with E-state index in [4.69, 9.17) is 27.9 Å². The maximum atomic E-state index is 13.2. The number of halogens is 5. The van der Waals surface area contributed by atoms with Crippen LogP contribution in [0, 0.1) is 0 Å². The van der Waals surface area contributed by atoms with Crippen LogP contribution in [0.3, 0.4) is 0 Å². The number of carbonyl (C=O) groups is 2. The zero-order valence-corrected chi connectivity index (χ0v) is 22.2. The number of ether oxygens (including phenoxy) is 1. The molecule has 1 amide bonds. The van der Waals surface area contributed by atoms with E-state index in [1.807, 2.05) is 18.7 Å². The Balaban J connectivity index is 0.00000298. The van der Waals surface area contributed by atoms with Crippen LogP contribution >= 0.6 is 23.2 Å². The van der Waals surface area contributed by atoms with E-state index in [9.17, 15) is 22.8 Å². The number of rotatable bonds is 8. The highest BCUT2D eigenvalue weighted by atomic mass is 35.5. The Labute approximate surface area is 214 Å². The monoisotopic (exact) mass is 540 g/mol. The van der Waals surface area contributed by atoms with Crippen LogP contribution in [0.15, 0.2) is 17.2 Å². The Kier molecular flexibility index (Phi) is 12.7. The number of amides is 1. The second-order valence-electron chi connectivity index (χ2n) is 7.46. The van der Waals surface area contributed by atoms with Gasteiger partial charge in [-0.1, -0.05) is 25.4 Å². The number of carbonyl (C=O) groups excluding carboxylic acids is 2. The summed E-state index contributed by atoms with van der Waals surface area (Å²) in [5, 5.41) is 3.65. The van der Waals surface area contributed by atoms with Gasteiger partial charge in [0.05, 0.1) is 23.2 Å². The predicted octanol–water partition coefficient (Wildman–Crippen LogP) is 5.09. The standard InChI is InChI=1S/C21H27Cl2F3N4O3.C2H6/c1-4-30(27-20(14(2)22)21(24,25)26)12-19(32)29-7-5-6-28(8-9-29)17-11-18(33-3)16(23)10-15(17)13-31;1-2/h10-11,13-14H,4-9,12H2,1-3H3;1-2H3/b27-20+;. The molecule has 1 aliphatic heterocycles. The second kappa shape index (κ2) is 14.4. The molecular formula is C23H33Cl2F3N4O3. The van der Waals surface area contributed by atoms with Crippen LogP contribution in [0.2, 0.25) is 5.02 Å². The third-order valence-electron chi connectivity index (χ3n) is 5.22. The molecule has 0 radical (unpaired) electrons. The first-order chi connectivity index (χ1) is 16.5. The van der Waals surface area contributed by atoms with Gasteiger partial charge in [0.2, 0.25) is 5.91 Å². The topological polar surface area (TPSA) is 65.5 Å². The first-order valence-electron chi connectivity index (χ1n) is 11.4. The minimum absolute atomic E-state index is 0.113. The highest BCUT2D eigenvalue weighted by Crippen LogP contribution is 2.33. The van der Waals surface area contributed by atoms with Crippen molar-refractivity contribution < 1.29 is 27.5 Å². The zero-order chi connectivity index (χ0) is 26.8. The van der Waals surface area contributed by atoms with Crippen molar-refractivity contribution in [2.75, 3.05) is 51.3 Å². The summed E-state index contributed by atoms with van der Waals surface area (Å²) in [6, 6.07) is 3.22. The molecule has 0 aliphatic carbocycles. The summed E-state index contributed by atoms with van der Waals surface area (Å²) >= 11 is 11.8. The van der Waals surface area contributed by atoms with E-state index in [1.54, 1.807) is 17.9 Å². The Bertz CT molecular complexity index is 882. The molecule has 0 bridgehead atoms. The van der Waals surface area contributed by atoms with E-state index in [-0.39, 0.29) is 19.0 Å². The lowest BCUT2D eigenvalue weighted by Crippen LogP contribution is -2.42. The van der Waals surface area contributed by atoms with Gasteiger partial charge in [0, 0.05) is 44.4 Å². The van der Waals surface area contributed by atoms with E-state index in [2.05, 4.69) is 5.10 Å². The van der Waals surface area contributed by atoms with Crippen molar-refractivity contribution in [2.45, 2.75) is 45.7 Å². The number of nitrogens with zero attached hydrogens (tertiary/aromatic N) is 4. The zero-order valence-electron chi connectivity index (χ0n) is 20.7. The highest BCUT2D eigenvalue weighted by Gasteiger charge is 2.39. The first-order valence-corrected chi connectivity index (χ1v) is 12.2. The molecule has 198 valence electrons. The Morgan fingerprint density at radius 2 is 1.91 bits per heavy atom. The molecule has 35 heavy (non-hydrogen) atoms. The van der Waals surface area contributed by atoms with Crippen molar-refractivity contribution in [3.63, 3.8) is 0 Å². The van der Waals surface area contributed by atoms with Gasteiger partial charge in [-0.25, -0.2) is 0 Å². The smallest absolute Gasteiger partial charge is 0.432 e. The van der Waals surface area contributed by atoms with Crippen molar-refractivity contribution in [1.82, 2.24) is 9.91 Å². The normalized spacial score (nSPS) is 15.5.